The van der Waals surface area contributed by atoms with E-state index >= 15 is 0 Å². The van der Waals surface area contributed by atoms with Crippen molar-refractivity contribution in [2.75, 3.05) is 19.6 Å². The van der Waals surface area contributed by atoms with E-state index in [0.29, 0.717) is 19.6 Å². The van der Waals surface area contributed by atoms with Gasteiger partial charge in [0.05, 0.1) is 0 Å². The molecular weight excluding hydrogens is 293 g/mol. The first-order chi connectivity index (χ1) is 8.58. The van der Waals surface area contributed by atoms with Gasteiger partial charge in [0, 0.05) is 19.6 Å². The summed E-state index contributed by atoms with van der Waals surface area (Å²) in [4.78, 5) is 5.67. The Bertz CT molecular complexity index is 251. The third kappa shape index (κ3) is 3.29. The molecule has 102 valence electrons. The molecule has 6 heteroatoms. The topological polar surface area (TPSA) is 9.72 Å². The minimum atomic E-state index is -0.396. The summed E-state index contributed by atoms with van der Waals surface area (Å²) in [6.07, 6.45) is 5.28. The summed E-state index contributed by atoms with van der Waals surface area (Å²) in [7, 11) is 0. The van der Waals surface area contributed by atoms with Crippen LogP contribution in [0.2, 0.25) is 0 Å². The fourth-order valence-corrected chi connectivity index (χ4v) is 3.14. The Labute approximate surface area is 124 Å². The van der Waals surface area contributed by atoms with Gasteiger partial charge in [-0.15, -0.1) is 19.7 Å². The summed E-state index contributed by atoms with van der Waals surface area (Å²) < 4.78 is 0. The Balaban J connectivity index is 2.96. The molecule has 0 unspecified atom stereocenters. The van der Waals surface area contributed by atoms with Gasteiger partial charge >= 0.3 is 0 Å². The Morgan fingerprint density at radius 1 is 0.667 bits per heavy atom. The highest BCUT2D eigenvalue weighted by Crippen LogP contribution is 2.31. The molecule has 0 aliphatic carbocycles. The molecular formula is C12H18Cl3N3. The van der Waals surface area contributed by atoms with Gasteiger partial charge in [0.2, 0.25) is 0 Å². The van der Waals surface area contributed by atoms with Gasteiger partial charge < -0.3 is 0 Å². The van der Waals surface area contributed by atoms with E-state index in [1.165, 1.54) is 0 Å². The van der Waals surface area contributed by atoms with E-state index in [4.69, 9.17) is 34.8 Å². The van der Waals surface area contributed by atoms with Crippen molar-refractivity contribution >= 4 is 34.8 Å². The van der Waals surface area contributed by atoms with Gasteiger partial charge in [-0.25, -0.2) is 14.7 Å². The van der Waals surface area contributed by atoms with Crippen LogP contribution in [0, 0.1) is 0 Å². The molecule has 0 bridgehead atoms. The second kappa shape index (κ2) is 7.53. The van der Waals surface area contributed by atoms with E-state index in [0.717, 1.165) is 0 Å². The van der Waals surface area contributed by atoms with Gasteiger partial charge in [-0.1, -0.05) is 53.0 Å². The highest BCUT2D eigenvalue weighted by atomic mass is 35.5. The van der Waals surface area contributed by atoms with E-state index in [1.807, 2.05) is 14.7 Å². The lowest BCUT2D eigenvalue weighted by Gasteiger charge is -2.51. The van der Waals surface area contributed by atoms with Crippen LogP contribution in [0.3, 0.4) is 0 Å². The van der Waals surface area contributed by atoms with Crippen molar-refractivity contribution in [1.82, 2.24) is 14.7 Å². The normalized spacial score (nSPS) is 31.2. The van der Waals surface area contributed by atoms with Crippen molar-refractivity contribution in [3.63, 3.8) is 0 Å². The Hall–Kier alpha value is -0.0300. The number of nitrogens with zero attached hydrogens (tertiary/aromatic N) is 3. The maximum absolute atomic E-state index is 6.40. The molecule has 3 nitrogen and oxygen atoms in total. The summed E-state index contributed by atoms with van der Waals surface area (Å²) in [5.41, 5.74) is -1.19. The molecule has 1 saturated heterocycles. The maximum Gasteiger partial charge on any atom is 0.145 e. The molecule has 0 saturated carbocycles. The quantitative estimate of drug-likeness (QED) is 0.424. The van der Waals surface area contributed by atoms with E-state index < -0.39 is 16.9 Å². The van der Waals surface area contributed by atoms with Crippen LogP contribution >= 0.6 is 34.8 Å². The Morgan fingerprint density at radius 3 is 1.06 bits per heavy atom. The Morgan fingerprint density at radius 2 is 0.889 bits per heavy atom. The van der Waals surface area contributed by atoms with Crippen LogP contribution in [0.4, 0.5) is 0 Å². The maximum atomic E-state index is 6.40. The second-order valence-electron chi connectivity index (χ2n) is 3.89. The summed E-state index contributed by atoms with van der Waals surface area (Å²) in [6.45, 7) is 12.9. The number of hydrogen-bond donors (Lipinski definition) is 0. The van der Waals surface area contributed by atoms with Crippen molar-refractivity contribution in [2.24, 2.45) is 0 Å². The molecule has 0 amide bonds. The average molecular weight is 311 g/mol. The highest BCUT2D eigenvalue weighted by Gasteiger charge is 2.42. The SMILES string of the molecule is C=CCN1C(Cl)N(CC=C)C(Cl)N(CC=C)C1Cl. The summed E-state index contributed by atoms with van der Waals surface area (Å²) in [6, 6.07) is 0. The molecule has 18 heavy (non-hydrogen) atoms. The minimum absolute atomic E-state index is 0.396. The second-order valence-corrected chi connectivity index (χ2v) is 5.06. The molecule has 0 radical (unpaired) electrons. The molecule has 0 aromatic rings. The standard InChI is InChI=1S/C12H18Cl3N3/c1-4-7-16-10(13)17(8-5-2)12(15)18(9-6-3)11(16)14/h4-6,10-12H,1-3,7-9H2. The average Bonchev–Trinajstić information content (AvgIpc) is 2.35. The number of halogens is 3. The minimum Gasteiger partial charge on any atom is -0.242 e. The lowest BCUT2D eigenvalue weighted by molar-refractivity contribution is -0.0718. The molecule has 0 atom stereocenters. The monoisotopic (exact) mass is 309 g/mol. The lowest BCUT2D eigenvalue weighted by atomic mass is 10.4. The zero-order valence-electron chi connectivity index (χ0n) is 10.2. The molecule has 1 rings (SSSR count). The van der Waals surface area contributed by atoms with E-state index in [2.05, 4.69) is 19.7 Å². The summed E-state index contributed by atoms with van der Waals surface area (Å²) in [5, 5.41) is 0. The predicted octanol–water partition coefficient (Wildman–Crippen LogP) is 3.03. The van der Waals surface area contributed by atoms with Crippen molar-refractivity contribution in [1.29, 1.82) is 0 Å². The third-order valence-corrected chi connectivity index (χ3v) is 4.17. The van der Waals surface area contributed by atoms with Crippen LogP contribution in [0.1, 0.15) is 0 Å². The summed E-state index contributed by atoms with van der Waals surface area (Å²) >= 11 is 19.2. The van der Waals surface area contributed by atoms with Crippen LogP contribution in [0.5, 0.6) is 0 Å². The van der Waals surface area contributed by atoms with Crippen molar-refractivity contribution in [3.8, 4) is 0 Å². The van der Waals surface area contributed by atoms with Gasteiger partial charge in [0.15, 0.2) is 0 Å². The summed E-state index contributed by atoms with van der Waals surface area (Å²) in [5.74, 6) is 0. The zero-order chi connectivity index (χ0) is 13.7. The van der Waals surface area contributed by atoms with Crippen LogP contribution in [0.15, 0.2) is 38.0 Å². The molecule has 1 fully saturated rings. The largest absolute Gasteiger partial charge is 0.242 e. The van der Waals surface area contributed by atoms with Crippen molar-refractivity contribution < 1.29 is 0 Å². The molecule has 0 aromatic carbocycles. The number of alkyl halides is 3. The Kier molecular flexibility index (Phi) is 6.71. The fraction of sp³-hybridized carbons (Fsp3) is 0.500. The molecule has 1 aliphatic rings. The predicted molar refractivity (Wildman–Crippen MR) is 79.6 cm³/mol. The lowest BCUT2D eigenvalue weighted by Crippen LogP contribution is -2.66. The third-order valence-electron chi connectivity index (χ3n) is 2.66. The fourth-order valence-electron chi connectivity index (χ4n) is 1.85. The van der Waals surface area contributed by atoms with E-state index in [-0.39, 0.29) is 0 Å². The molecule has 1 aliphatic heterocycles. The van der Waals surface area contributed by atoms with Crippen LogP contribution in [-0.4, -0.2) is 51.2 Å². The van der Waals surface area contributed by atoms with Gasteiger partial charge in [-0.3, -0.25) is 0 Å². The highest BCUT2D eigenvalue weighted by molar-refractivity contribution is 6.25. The van der Waals surface area contributed by atoms with Crippen LogP contribution in [0.25, 0.3) is 0 Å². The van der Waals surface area contributed by atoms with E-state index in [1.54, 1.807) is 18.2 Å². The molecule has 0 N–H and O–H groups in total. The zero-order valence-corrected chi connectivity index (χ0v) is 12.5. The van der Waals surface area contributed by atoms with Crippen LogP contribution in [-0.2, 0) is 0 Å². The molecule has 0 spiro atoms. The number of rotatable bonds is 6. The van der Waals surface area contributed by atoms with Gasteiger partial charge in [-0.05, 0) is 0 Å². The first-order valence-electron chi connectivity index (χ1n) is 5.60. The van der Waals surface area contributed by atoms with Gasteiger partial charge in [0.25, 0.3) is 0 Å². The van der Waals surface area contributed by atoms with Crippen molar-refractivity contribution in [2.45, 2.75) is 16.9 Å². The first kappa shape index (κ1) is 16.0. The van der Waals surface area contributed by atoms with E-state index in [9.17, 15) is 0 Å². The van der Waals surface area contributed by atoms with Crippen LogP contribution < -0.4 is 0 Å². The van der Waals surface area contributed by atoms with Gasteiger partial charge in [0.1, 0.15) is 16.9 Å². The van der Waals surface area contributed by atoms with Gasteiger partial charge in [-0.2, -0.15) is 0 Å². The number of hydrogen-bond acceptors (Lipinski definition) is 3. The van der Waals surface area contributed by atoms with Crippen molar-refractivity contribution in [3.05, 3.63) is 38.0 Å². The smallest absolute Gasteiger partial charge is 0.145 e. The first-order valence-corrected chi connectivity index (χ1v) is 6.91. The molecule has 0 aromatic heterocycles. The molecule has 1 heterocycles.